The van der Waals surface area contributed by atoms with Crippen molar-refractivity contribution in [1.29, 1.82) is 0 Å². The number of benzene rings is 1. The minimum Gasteiger partial charge on any atom is -0.478 e. The lowest BCUT2D eigenvalue weighted by molar-refractivity contribution is -0.157. The summed E-state index contributed by atoms with van der Waals surface area (Å²) in [6.07, 6.45) is 2.82. The number of nitrogens with zero attached hydrogens (tertiary/aromatic N) is 2. The monoisotopic (exact) mass is 348 g/mol. The maximum Gasteiger partial charge on any atom is 0.348 e. The number of aliphatic carboxylic acids is 1. The second kappa shape index (κ2) is 6.66. The molecule has 0 saturated carbocycles. The summed E-state index contributed by atoms with van der Waals surface area (Å²) in [6, 6.07) is 5.87. The van der Waals surface area contributed by atoms with E-state index >= 15 is 0 Å². The number of ether oxygens (including phenoxy) is 1. The molecule has 1 aromatic carbocycles. The SMILES string of the molecule is Cc1ccc(F)c(OC2(C(=O)O)CCN(c3ccncc3F)CC2)c1. The van der Waals surface area contributed by atoms with E-state index in [2.05, 4.69) is 4.98 Å². The first-order valence-corrected chi connectivity index (χ1v) is 7.94. The van der Waals surface area contributed by atoms with Gasteiger partial charge in [0.25, 0.3) is 0 Å². The molecule has 0 bridgehead atoms. The molecule has 0 amide bonds. The maximum atomic E-state index is 14.0. The van der Waals surface area contributed by atoms with Crippen molar-refractivity contribution in [2.75, 3.05) is 18.0 Å². The summed E-state index contributed by atoms with van der Waals surface area (Å²) in [5, 5.41) is 9.67. The Morgan fingerprint density at radius 1 is 1.24 bits per heavy atom. The number of anilines is 1. The van der Waals surface area contributed by atoms with Gasteiger partial charge in [-0.15, -0.1) is 0 Å². The molecular weight excluding hydrogens is 330 g/mol. The van der Waals surface area contributed by atoms with Crippen LogP contribution in [-0.2, 0) is 4.79 Å². The van der Waals surface area contributed by atoms with Gasteiger partial charge in [0, 0.05) is 32.1 Å². The van der Waals surface area contributed by atoms with Crippen LogP contribution in [0.4, 0.5) is 14.5 Å². The van der Waals surface area contributed by atoms with E-state index in [0.717, 1.165) is 11.8 Å². The van der Waals surface area contributed by atoms with Crippen molar-refractivity contribution in [3.8, 4) is 5.75 Å². The number of halogens is 2. The molecule has 1 fully saturated rings. The van der Waals surface area contributed by atoms with Crippen LogP contribution in [0.1, 0.15) is 18.4 Å². The second-order valence-corrected chi connectivity index (χ2v) is 6.15. The van der Waals surface area contributed by atoms with E-state index in [1.807, 2.05) is 0 Å². The standard InChI is InChI=1S/C18H18F2N2O3/c1-12-2-3-13(19)16(10-12)25-18(17(23)24)5-8-22(9-6-18)15-4-7-21-11-14(15)20/h2-4,7,10-11H,5-6,8-9H2,1H3,(H,23,24). The molecule has 25 heavy (non-hydrogen) atoms. The van der Waals surface area contributed by atoms with Crippen molar-refractivity contribution in [3.05, 3.63) is 53.9 Å². The van der Waals surface area contributed by atoms with Crippen LogP contribution in [0.5, 0.6) is 5.75 Å². The summed E-state index contributed by atoms with van der Waals surface area (Å²) < 4.78 is 33.5. The number of carboxylic acid groups (broad SMARTS) is 1. The van der Waals surface area contributed by atoms with Crippen LogP contribution < -0.4 is 9.64 Å². The number of piperidine rings is 1. The van der Waals surface area contributed by atoms with E-state index in [1.165, 1.54) is 18.3 Å². The summed E-state index contributed by atoms with van der Waals surface area (Å²) in [6.45, 7) is 2.33. The van der Waals surface area contributed by atoms with Gasteiger partial charge >= 0.3 is 5.97 Å². The van der Waals surface area contributed by atoms with Gasteiger partial charge in [0.1, 0.15) is 0 Å². The summed E-state index contributed by atoms with van der Waals surface area (Å²) in [5.74, 6) is -2.29. The van der Waals surface area contributed by atoms with Crippen molar-refractivity contribution in [2.45, 2.75) is 25.4 Å². The molecule has 5 nitrogen and oxygen atoms in total. The Kier molecular flexibility index (Phi) is 4.57. The van der Waals surface area contributed by atoms with Gasteiger partial charge in [-0.1, -0.05) is 6.07 Å². The Balaban J connectivity index is 1.81. The van der Waals surface area contributed by atoms with Gasteiger partial charge in [0.05, 0.1) is 11.9 Å². The lowest BCUT2D eigenvalue weighted by Crippen LogP contribution is -2.53. The molecule has 1 N–H and O–H groups in total. The summed E-state index contributed by atoms with van der Waals surface area (Å²) in [7, 11) is 0. The molecule has 2 aromatic rings. The number of aryl methyl sites for hydroxylation is 1. The number of aromatic nitrogens is 1. The van der Waals surface area contributed by atoms with Crippen LogP contribution in [0, 0.1) is 18.6 Å². The molecule has 1 aliphatic heterocycles. The van der Waals surface area contributed by atoms with E-state index < -0.39 is 23.2 Å². The molecule has 0 radical (unpaired) electrons. The molecule has 0 spiro atoms. The highest BCUT2D eigenvalue weighted by atomic mass is 19.1. The van der Waals surface area contributed by atoms with Crippen LogP contribution in [0.15, 0.2) is 36.7 Å². The normalized spacial score (nSPS) is 16.5. The minimum atomic E-state index is -1.53. The largest absolute Gasteiger partial charge is 0.478 e. The first-order chi connectivity index (χ1) is 11.9. The zero-order chi connectivity index (χ0) is 18.0. The van der Waals surface area contributed by atoms with E-state index in [9.17, 15) is 18.7 Å². The van der Waals surface area contributed by atoms with Crippen molar-refractivity contribution >= 4 is 11.7 Å². The summed E-state index contributed by atoms with van der Waals surface area (Å²) in [4.78, 5) is 17.3. The van der Waals surface area contributed by atoms with Gasteiger partial charge in [-0.25, -0.2) is 13.6 Å². The molecule has 1 aromatic heterocycles. The quantitative estimate of drug-likeness (QED) is 0.920. The third-order valence-electron chi connectivity index (χ3n) is 4.44. The number of hydrogen-bond acceptors (Lipinski definition) is 4. The summed E-state index contributed by atoms with van der Waals surface area (Å²) in [5.41, 5.74) is -0.391. The fourth-order valence-corrected chi connectivity index (χ4v) is 2.99. The molecule has 3 rings (SSSR count). The van der Waals surface area contributed by atoms with Crippen molar-refractivity contribution in [2.24, 2.45) is 0 Å². The molecule has 0 unspecified atom stereocenters. The number of hydrogen-bond donors (Lipinski definition) is 1. The molecule has 0 aliphatic carbocycles. The average molecular weight is 348 g/mol. The van der Waals surface area contributed by atoms with Crippen LogP contribution in [0.2, 0.25) is 0 Å². The number of carboxylic acids is 1. The van der Waals surface area contributed by atoms with E-state index in [1.54, 1.807) is 24.0 Å². The maximum absolute atomic E-state index is 14.0. The van der Waals surface area contributed by atoms with Crippen LogP contribution in [0.25, 0.3) is 0 Å². The topological polar surface area (TPSA) is 62.7 Å². The third kappa shape index (κ3) is 3.40. The Bertz CT molecular complexity index is 790. The zero-order valence-corrected chi connectivity index (χ0v) is 13.7. The number of rotatable bonds is 4. The fraction of sp³-hybridized carbons (Fsp3) is 0.333. The van der Waals surface area contributed by atoms with Gasteiger partial charge < -0.3 is 14.7 Å². The van der Waals surface area contributed by atoms with Crippen molar-refractivity contribution < 1.29 is 23.4 Å². The predicted molar refractivity (Wildman–Crippen MR) is 87.8 cm³/mol. The number of carbonyl (C=O) groups is 1. The van der Waals surface area contributed by atoms with Crippen LogP contribution in [0.3, 0.4) is 0 Å². The zero-order valence-electron chi connectivity index (χ0n) is 13.7. The molecule has 1 aliphatic rings. The molecule has 2 heterocycles. The Morgan fingerprint density at radius 3 is 2.60 bits per heavy atom. The molecular formula is C18H18F2N2O3. The van der Waals surface area contributed by atoms with E-state index in [0.29, 0.717) is 5.69 Å². The minimum absolute atomic E-state index is 0.0778. The van der Waals surface area contributed by atoms with Crippen LogP contribution in [-0.4, -0.2) is 34.8 Å². The number of pyridine rings is 1. The Hall–Kier alpha value is -2.70. The first kappa shape index (κ1) is 17.1. The third-order valence-corrected chi connectivity index (χ3v) is 4.44. The van der Waals surface area contributed by atoms with Gasteiger partial charge in [-0.3, -0.25) is 4.98 Å². The highest BCUT2D eigenvalue weighted by molar-refractivity contribution is 5.78. The van der Waals surface area contributed by atoms with E-state index in [-0.39, 0.29) is 31.7 Å². The molecule has 1 saturated heterocycles. The highest BCUT2D eigenvalue weighted by Gasteiger charge is 2.45. The molecule has 132 valence electrons. The second-order valence-electron chi connectivity index (χ2n) is 6.15. The summed E-state index contributed by atoms with van der Waals surface area (Å²) >= 11 is 0. The fourth-order valence-electron chi connectivity index (χ4n) is 2.99. The Morgan fingerprint density at radius 2 is 1.96 bits per heavy atom. The lowest BCUT2D eigenvalue weighted by atomic mass is 9.90. The van der Waals surface area contributed by atoms with Gasteiger partial charge in [0.15, 0.2) is 17.4 Å². The highest BCUT2D eigenvalue weighted by Crippen LogP contribution is 2.33. The van der Waals surface area contributed by atoms with E-state index in [4.69, 9.17) is 4.74 Å². The first-order valence-electron chi connectivity index (χ1n) is 7.94. The van der Waals surface area contributed by atoms with Crippen molar-refractivity contribution in [3.63, 3.8) is 0 Å². The smallest absolute Gasteiger partial charge is 0.348 e. The molecule has 0 atom stereocenters. The van der Waals surface area contributed by atoms with Crippen molar-refractivity contribution in [1.82, 2.24) is 4.98 Å². The predicted octanol–water partition coefficient (Wildman–Crippen LogP) is 3.17. The lowest BCUT2D eigenvalue weighted by Gasteiger charge is -2.39. The van der Waals surface area contributed by atoms with Crippen LogP contribution >= 0.6 is 0 Å². The van der Waals surface area contributed by atoms with Gasteiger partial charge in [0.2, 0.25) is 5.60 Å². The van der Waals surface area contributed by atoms with Gasteiger partial charge in [-0.05, 0) is 30.7 Å². The Labute approximate surface area is 143 Å². The average Bonchev–Trinajstić information content (AvgIpc) is 2.59. The molecule has 7 heteroatoms. The van der Waals surface area contributed by atoms with Gasteiger partial charge in [-0.2, -0.15) is 0 Å².